The van der Waals surface area contributed by atoms with Gasteiger partial charge < -0.3 is 10.2 Å². The molecule has 4 heteroatoms. The number of pyridine rings is 1. The molecule has 0 amide bonds. The van der Waals surface area contributed by atoms with Crippen LogP contribution in [0.3, 0.4) is 0 Å². The lowest BCUT2D eigenvalue weighted by Crippen LogP contribution is -2.41. The first-order chi connectivity index (χ1) is 9.42. The molecule has 3 nitrogen and oxygen atoms in total. The molecule has 0 aliphatic carbocycles. The predicted molar refractivity (Wildman–Crippen MR) is 95.8 cm³/mol. The van der Waals surface area contributed by atoms with Crippen LogP contribution >= 0.6 is 15.9 Å². The van der Waals surface area contributed by atoms with Crippen LogP contribution < -0.4 is 10.2 Å². The van der Waals surface area contributed by atoms with Crippen LogP contribution in [0.25, 0.3) is 0 Å². The largest absolute Gasteiger partial charge is 0.356 e. The van der Waals surface area contributed by atoms with Gasteiger partial charge in [0.2, 0.25) is 0 Å². The Bertz CT molecular complexity index is 472. The summed E-state index contributed by atoms with van der Waals surface area (Å²) in [5.74, 6) is 1.05. The maximum Gasteiger partial charge on any atom is 0.133 e. The third-order valence-corrected chi connectivity index (χ3v) is 4.32. The van der Waals surface area contributed by atoms with Crippen molar-refractivity contribution in [3.63, 3.8) is 0 Å². The highest BCUT2D eigenvalue weighted by Crippen LogP contribution is 2.29. The van der Waals surface area contributed by atoms with Gasteiger partial charge in [-0.25, -0.2) is 4.98 Å². The second kappa shape index (κ2) is 6.66. The van der Waals surface area contributed by atoms with Gasteiger partial charge >= 0.3 is 0 Å². The molecule has 0 radical (unpaired) electrons. The van der Waals surface area contributed by atoms with E-state index in [1.165, 1.54) is 5.56 Å². The third kappa shape index (κ3) is 5.59. The van der Waals surface area contributed by atoms with Crippen LogP contribution in [0.15, 0.2) is 16.7 Å². The maximum atomic E-state index is 4.65. The molecular weight excluding hydrogens is 326 g/mol. The Balaban J connectivity index is 3.06. The number of rotatable bonds is 4. The standard InChI is InChI=1S/C17H30BrN3/c1-12(16(2,3)4)21(8)15-13(9-14(18)11-19-15)10-20-17(5,6)7/h9,11-12,20H,10H2,1-8H3. The van der Waals surface area contributed by atoms with E-state index in [4.69, 9.17) is 0 Å². The molecule has 1 heterocycles. The molecular formula is C17H30BrN3. The van der Waals surface area contributed by atoms with E-state index < -0.39 is 0 Å². The Labute approximate surface area is 138 Å². The van der Waals surface area contributed by atoms with Gasteiger partial charge in [0.15, 0.2) is 0 Å². The van der Waals surface area contributed by atoms with Gasteiger partial charge in [-0.3, -0.25) is 0 Å². The molecule has 21 heavy (non-hydrogen) atoms. The van der Waals surface area contributed by atoms with Crippen molar-refractivity contribution in [3.05, 3.63) is 22.3 Å². The number of halogens is 1. The lowest BCUT2D eigenvalue weighted by Gasteiger charge is -2.37. The van der Waals surface area contributed by atoms with Crippen LogP contribution in [-0.4, -0.2) is 23.6 Å². The fraction of sp³-hybridized carbons (Fsp3) is 0.706. The quantitative estimate of drug-likeness (QED) is 0.854. The first-order valence-corrected chi connectivity index (χ1v) is 8.33. The Morgan fingerprint density at radius 2 is 1.81 bits per heavy atom. The van der Waals surface area contributed by atoms with Crippen molar-refractivity contribution in [2.24, 2.45) is 5.41 Å². The van der Waals surface area contributed by atoms with Crippen molar-refractivity contribution in [1.82, 2.24) is 10.3 Å². The molecule has 0 fully saturated rings. The number of aromatic nitrogens is 1. The molecule has 1 aromatic rings. The summed E-state index contributed by atoms with van der Waals surface area (Å²) in [6, 6.07) is 2.56. The Morgan fingerprint density at radius 1 is 1.24 bits per heavy atom. The summed E-state index contributed by atoms with van der Waals surface area (Å²) in [4.78, 5) is 6.94. The van der Waals surface area contributed by atoms with Crippen LogP contribution in [0.2, 0.25) is 0 Å². The van der Waals surface area contributed by atoms with Gasteiger partial charge in [0.1, 0.15) is 5.82 Å². The molecule has 0 saturated heterocycles. The predicted octanol–water partition coefficient (Wildman–Crippen LogP) is 4.60. The van der Waals surface area contributed by atoms with Crippen LogP contribution in [-0.2, 0) is 6.54 Å². The lowest BCUT2D eigenvalue weighted by atomic mass is 9.87. The average molecular weight is 356 g/mol. The molecule has 0 spiro atoms. The second-order valence-corrected chi connectivity index (χ2v) is 8.81. The fourth-order valence-corrected chi connectivity index (χ4v) is 2.43. The third-order valence-electron chi connectivity index (χ3n) is 3.89. The minimum atomic E-state index is 0.0911. The number of nitrogens with zero attached hydrogens (tertiary/aromatic N) is 2. The zero-order valence-corrected chi connectivity index (χ0v) is 16.3. The van der Waals surface area contributed by atoms with Crippen molar-refractivity contribution < 1.29 is 0 Å². The molecule has 0 saturated carbocycles. The molecule has 0 aliphatic heterocycles. The van der Waals surface area contributed by atoms with Crippen molar-refractivity contribution in [3.8, 4) is 0 Å². The highest BCUT2D eigenvalue weighted by molar-refractivity contribution is 9.10. The van der Waals surface area contributed by atoms with Gasteiger partial charge in [0, 0.05) is 41.4 Å². The Hall–Kier alpha value is -0.610. The summed E-state index contributed by atoms with van der Waals surface area (Å²) in [7, 11) is 2.13. The average Bonchev–Trinajstić information content (AvgIpc) is 2.32. The van der Waals surface area contributed by atoms with Crippen LogP contribution in [0.5, 0.6) is 0 Å². The lowest BCUT2D eigenvalue weighted by molar-refractivity contribution is 0.328. The van der Waals surface area contributed by atoms with Crippen molar-refractivity contribution >= 4 is 21.7 Å². The molecule has 1 atom stereocenters. The normalized spacial score (nSPS) is 14.1. The summed E-state index contributed by atoms with van der Waals surface area (Å²) >= 11 is 3.53. The highest BCUT2D eigenvalue weighted by Gasteiger charge is 2.26. The van der Waals surface area contributed by atoms with Crippen LogP contribution in [0.4, 0.5) is 5.82 Å². The smallest absolute Gasteiger partial charge is 0.133 e. The van der Waals surface area contributed by atoms with E-state index in [0.29, 0.717) is 6.04 Å². The van der Waals surface area contributed by atoms with Gasteiger partial charge in [-0.1, -0.05) is 20.8 Å². The molecule has 1 aromatic heterocycles. The molecule has 1 rings (SSSR count). The number of anilines is 1. The molecule has 120 valence electrons. The number of nitrogens with one attached hydrogen (secondary N) is 1. The molecule has 0 aliphatic rings. The molecule has 0 bridgehead atoms. The van der Waals surface area contributed by atoms with E-state index in [2.05, 4.69) is 92.7 Å². The first-order valence-electron chi connectivity index (χ1n) is 7.54. The minimum absolute atomic E-state index is 0.0911. The summed E-state index contributed by atoms with van der Waals surface area (Å²) in [6.07, 6.45) is 1.88. The van der Waals surface area contributed by atoms with Crippen LogP contribution in [0.1, 0.15) is 54.0 Å². The van der Waals surface area contributed by atoms with Crippen molar-refractivity contribution in [2.45, 2.75) is 66.6 Å². The van der Waals surface area contributed by atoms with Crippen LogP contribution in [0, 0.1) is 5.41 Å². The molecule has 1 unspecified atom stereocenters. The molecule has 0 aromatic carbocycles. The van der Waals surface area contributed by atoms with Gasteiger partial charge in [0.25, 0.3) is 0 Å². The van der Waals surface area contributed by atoms with Crippen molar-refractivity contribution in [2.75, 3.05) is 11.9 Å². The maximum absolute atomic E-state index is 4.65. The zero-order chi connectivity index (χ0) is 16.4. The first kappa shape index (κ1) is 18.4. The van der Waals surface area contributed by atoms with Gasteiger partial charge in [-0.15, -0.1) is 0 Å². The van der Waals surface area contributed by atoms with E-state index in [1.54, 1.807) is 0 Å². The topological polar surface area (TPSA) is 28.2 Å². The van der Waals surface area contributed by atoms with E-state index in [1.807, 2.05) is 6.20 Å². The van der Waals surface area contributed by atoms with Crippen molar-refractivity contribution in [1.29, 1.82) is 0 Å². The van der Waals surface area contributed by atoms with Gasteiger partial charge in [0.05, 0.1) is 0 Å². The zero-order valence-electron chi connectivity index (χ0n) is 14.7. The second-order valence-electron chi connectivity index (χ2n) is 7.89. The number of hydrogen-bond acceptors (Lipinski definition) is 3. The SMILES string of the molecule is CC(N(C)c1ncc(Br)cc1CNC(C)(C)C)C(C)(C)C. The summed E-state index contributed by atoms with van der Waals surface area (Å²) in [6.45, 7) is 16.4. The Kier molecular flexibility index (Phi) is 5.84. The summed E-state index contributed by atoms with van der Waals surface area (Å²) in [5, 5.41) is 3.55. The monoisotopic (exact) mass is 355 g/mol. The van der Waals surface area contributed by atoms with Gasteiger partial charge in [-0.05, 0) is 55.1 Å². The fourth-order valence-electron chi connectivity index (χ4n) is 2.05. The van der Waals surface area contributed by atoms with E-state index in [0.717, 1.165) is 16.8 Å². The molecule has 1 N–H and O–H groups in total. The van der Waals surface area contributed by atoms with Gasteiger partial charge in [-0.2, -0.15) is 0 Å². The van der Waals surface area contributed by atoms with E-state index in [-0.39, 0.29) is 11.0 Å². The van der Waals surface area contributed by atoms with E-state index in [9.17, 15) is 0 Å². The highest BCUT2D eigenvalue weighted by atomic mass is 79.9. The summed E-state index contributed by atoms with van der Waals surface area (Å²) in [5.41, 5.74) is 1.52. The summed E-state index contributed by atoms with van der Waals surface area (Å²) < 4.78 is 1.02. The Morgan fingerprint density at radius 3 is 2.29 bits per heavy atom. The van der Waals surface area contributed by atoms with E-state index >= 15 is 0 Å². The number of hydrogen-bond donors (Lipinski definition) is 1. The minimum Gasteiger partial charge on any atom is -0.356 e.